The first-order chi connectivity index (χ1) is 8.86. The Labute approximate surface area is 112 Å². The van der Waals surface area contributed by atoms with Crippen LogP contribution in [0.5, 0.6) is 0 Å². The highest BCUT2D eigenvalue weighted by molar-refractivity contribution is 5.98. The van der Waals surface area contributed by atoms with Crippen molar-refractivity contribution in [2.24, 2.45) is 7.05 Å². The zero-order valence-corrected chi connectivity index (χ0v) is 12.0. The number of hydrogen-bond donors (Lipinski definition) is 3. The van der Waals surface area contributed by atoms with E-state index < -0.39 is 12.1 Å². The van der Waals surface area contributed by atoms with Gasteiger partial charge in [0.05, 0.1) is 17.1 Å². The monoisotopic (exact) mass is 267 g/mol. The molecular formula is C12H21N5O2. The molecule has 0 radical (unpaired) electrons. The van der Waals surface area contributed by atoms with Crippen LogP contribution >= 0.6 is 0 Å². The molecule has 0 aliphatic rings. The highest BCUT2D eigenvalue weighted by Crippen LogP contribution is 2.19. The van der Waals surface area contributed by atoms with Gasteiger partial charge in [-0.05, 0) is 27.7 Å². The number of carbonyl (C=O) groups excluding carboxylic acids is 2. The largest absolute Gasteiger partial charge is 0.371 e. The highest BCUT2D eigenvalue weighted by atomic mass is 16.2. The lowest BCUT2D eigenvalue weighted by Crippen LogP contribution is -2.45. The van der Waals surface area contributed by atoms with Gasteiger partial charge in [0.25, 0.3) is 0 Å². The average molecular weight is 267 g/mol. The Hall–Kier alpha value is -2.05. The Morgan fingerprint density at radius 2 is 2.00 bits per heavy atom. The Bertz CT molecular complexity index is 481. The van der Waals surface area contributed by atoms with Gasteiger partial charge in [-0.15, -0.1) is 0 Å². The third-order valence-electron chi connectivity index (χ3n) is 2.84. The van der Waals surface area contributed by atoms with Crippen LogP contribution in [0.4, 0.5) is 10.5 Å². The first-order valence-corrected chi connectivity index (χ1v) is 6.22. The number of carbonyl (C=O) groups is 2. The van der Waals surface area contributed by atoms with E-state index in [0.717, 1.165) is 17.1 Å². The summed E-state index contributed by atoms with van der Waals surface area (Å²) in [7, 11) is 1.84. The zero-order valence-electron chi connectivity index (χ0n) is 12.0. The highest BCUT2D eigenvalue weighted by Gasteiger charge is 2.18. The van der Waals surface area contributed by atoms with Crippen LogP contribution in [-0.4, -0.2) is 34.3 Å². The lowest BCUT2D eigenvalue weighted by Gasteiger charge is -2.15. The number of imide groups is 1. The summed E-state index contributed by atoms with van der Waals surface area (Å²) in [5, 5.41) is 12.1. The molecule has 1 aromatic rings. The van der Waals surface area contributed by atoms with Crippen LogP contribution in [-0.2, 0) is 11.8 Å². The predicted octanol–water partition coefficient (Wildman–Crippen LogP) is 0.683. The van der Waals surface area contributed by atoms with Crippen LogP contribution in [0.3, 0.4) is 0 Å². The number of anilines is 1. The smallest absolute Gasteiger partial charge is 0.321 e. The van der Waals surface area contributed by atoms with Gasteiger partial charge in [-0.1, -0.05) is 0 Å². The van der Waals surface area contributed by atoms with Crippen molar-refractivity contribution < 1.29 is 9.59 Å². The minimum Gasteiger partial charge on any atom is -0.371 e. The summed E-state index contributed by atoms with van der Waals surface area (Å²) in [4.78, 5) is 23.1. The summed E-state index contributed by atoms with van der Waals surface area (Å²) in [6, 6.07) is -1.01. The van der Waals surface area contributed by atoms with Gasteiger partial charge in [0.15, 0.2) is 0 Å². The quantitative estimate of drug-likeness (QED) is 0.748. The third-order valence-corrected chi connectivity index (χ3v) is 2.84. The SMILES string of the molecule is CCNC(=O)NC(=O)[C@H](C)Nc1c(C)nn(C)c1C. The molecule has 0 aliphatic carbocycles. The molecule has 0 spiro atoms. The molecule has 0 saturated heterocycles. The number of nitrogens with one attached hydrogen (secondary N) is 3. The van der Waals surface area contributed by atoms with Crippen molar-refractivity contribution in [1.29, 1.82) is 0 Å². The number of rotatable bonds is 4. The fourth-order valence-electron chi connectivity index (χ4n) is 1.69. The molecule has 1 rings (SSSR count). The third kappa shape index (κ3) is 3.70. The summed E-state index contributed by atoms with van der Waals surface area (Å²) in [5.41, 5.74) is 2.58. The van der Waals surface area contributed by atoms with E-state index in [2.05, 4.69) is 21.0 Å². The molecule has 1 aromatic heterocycles. The van der Waals surface area contributed by atoms with Gasteiger partial charge in [-0.2, -0.15) is 5.10 Å². The van der Waals surface area contributed by atoms with Gasteiger partial charge < -0.3 is 10.6 Å². The standard InChI is InChI=1S/C12H21N5O2/c1-6-13-12(19)15-11(18)8(3)14-10-7(2)16-17(5)9(10)4/h8,14H,6H2,1-5H3,(H2,13,15,18,19)/t8-/m0/s1. The van der Waals surface area contributed by atoms with E-state index in [1.807, 2.05) is 20.9 Å². The summed E-state index contributed by atoms with van der Waals surface area (Å²) < 4.78 is 1.74. The predicted molar refractivity (Wildman–Crippen MR) is 73.0 cm³/mol. The van der Waals surface area contributed by atoms with Crippen molar-refractivity contribution in [3.8, 4) is 0 Å². The Morgan fingerprint density at radius 3 is 2.47 bits per heavy atom. The molecule has 0 unspecified atom stereocenters. The number of aromatic nitrogens is 2. The summed E-state index contributed by atoms with van der Waals surface area (Å²) >= 11 is 0. The summed E-state index contributed by atoms with van der Waals surface area (Å²) in [6.07, 6.45) is 0. The van der Waals surface area contributed by atoms with Gasteiger partial charge in [0.1, 0.15) is 6.04 Å². The van der Waals surface area contributed by atoms with Crippen molar-refractivity contribution in [2.45, 2.75) is 33.7 Å². The molecule has 1 atom stereocenters. The van der Waals surface area contributed by atoms with Gasteiger partial charge in [-0.25, -0.2) is 4.79 Å². The molecule has 7 nitrogen and oxygen atoms in total. The topological polar surface area (TPSA) is 88.1 Å². The fraction of sp³-hybridized carbons (Fsp3) is 0.583. The number of hydrogen-bond acceptors (Lipinski definition) is 4. The molecule has 0 saturated carbocycles. The van der Waals surface area contributed by atoms with E-state index in [4.69, 9.17) is 0 Å². The van der Waals surface area contributed by atoms with E-state index in [0.29, 0.717) is 6.54 Å². The molecular weight excluding hydrogens is 246 g/mol. The molecule has 3 amide bonds. The lowest BCUT2D eigenvalue weighted by molar-refractivity contribution is -0.120. The van der Waals surface area contributed by atoms with Gasteiger partial charge in [0, 0.05) is 13.6 Å². The second-order valence-electron chi connectivity index (χ2n) is 4.38. The maximum Gasteiger partial charge on any atom is 0.321 e. The van der Waals surface area contributed by atoms with Crippen LogP contribution in [0.2, 0.25) is 0 Å². The number of urea groups is 1. The first kappa shape index (κ1) is 15.0. The number of amides is 3. The summed E-state index contributed by atoms with van der Waals surface area (Å²) in [6.45, 7) is 7.73. The van der Waals surface area contributed by atoms with Crippen molar-refractivity contribution in [1.82, 2.24) is 20.4 Å². The molecule has 3 N–H and O–H groups in total. The van der Waals surface area contributed by atoms with Crippen LogP contribution in [0, 0.1) is 13.8 Å². The minimum absolute atomic E-state index is 0.381. The van der Waals surface area contributed by atoms with Gasteiger partial charge in [0.2, 0.25) is 5.91 Å². The van der Waals surface area contributed by atoms with Crippen LogP contribution in [0.1, 0.15) is 25.2 Å². The molecule has 0 aromatic carbocycles. The fourth-order valence-corrected chi connectivity index (χ4v) is 1.69. The maximum absolute atomic E-state index is 11.8. The molecule has 0 aliphatic heterocycles. The molecule has 19 heavy (non-hydrogen) atoms. The molecule has 1 heterocycles. The van der Waals surface area contributed by atoms with E-state index in [1.54, 1.807) is 18.5 Å². The van der Waals surface area contributed by atoms with E-state index in [-0.39, 0.29) is 5.91 Å². The van der Waals surface area contributed by atoms with Crippen molar-refractivity contribution in [3.05, 3.63) is 11.4 Å². The molecule has 7 heteroatoms. The van der Waals surface area contributed by atoms with E-state index in [9.17, 15) is 9.59 Å². The average Bonchev–Trinajstić information content (AvgIpc) is 2.56. The Kier molecular flexibility index (Phi) is 4.91. The summed E-state index contributed by atoms with van der Waals surface area (Å²) in [5.74, 6) is -0.381. The van der Waals surface area contributed by atoms with E-state index >= 15 is 0 Å². The Morgan fingerprint density at radius 1 is 1.37 bits per heavy atom. The van der Waals surface area contributed by atoms with Crippen LogP contribution in [0.15, 0.2) is 0 Å². The normalized spacial score (nSPS) is 11.8. The lowest BCUT2D eigenvalue weighted by atomic mass is 10.2. The number of nitrogens with zero attached hydrogens (tertiary/aromatic N) is 2. The van der Waals surface area contributed by atoms with Gasteiger partial charge >= 0.3 is 6.03 Å². The van der Waals surface area contributed by atoms with Crippen molar-refractivity contribution in [2.75, 3.05) is 11.9 Å². The second-order valence-corrected chi connectivity index (χ2v) is 4.38. The molecule has 0 bridgehead atoms. The van der Waals surface area contributed by atoms with Crippen LogP contribution < -0.4 is 16.0 Å². The van der Waals surface area contributed by atoms with Gasteiger partial charge in [-0.3, -0.25) is 14.8 Å². The number of aryl methyl sites for hydroxylation is 2. The maximum atomic E-state index is 11.8. The Balaban J connectivity index is 2.66. The minimum atomic E-state index is -0.524. The van der Waals surface area contributed by atoms with E-state index in [1.165, 1.54) is 0 Å². The van der Waals surface area contributed by atoms with Crippen LogP contribution in [0.25, 0.3) is 0 Å². The molecule has 106 valence electrons. The van der Waals surface area contributed by atoms with Crippen molar-refractivity contribution >= 4 is 17.6 Å². The second kappa shape index (κ2) is 6.21. The first-order valence-electron chi connectivity index (χ1n) is 6.22. The van der Waals surface area contributed by atoms with Crippen molar-refractivity contribution in [3.63, 3.8) is 0 Å². The molecule has 0 fully saturated rings. The zero-order chi connectivity index (χ0) is 14.6.